The fraction of sp³-hybridized carbons (Fsp3) is 0.370. The Morgan fingerprint density at radius 1 is 0.780 bits per heavy atom. The minimum absolute atomic E-state index is 0.00193. The zero-order valence-corrected chi connectivity index (χ0v) is 22.4. The Labute approximate surface area is 237 Å². The van der Waals surface area contributed by atoms with Crippen molar-refractivity contribution in [1.82, 2.24) is 16.0 Å². The van der Waals surface area contributed by atoms with E-state index in [9.17, 15) is 34.5 Å². The second-order valence-electron chi connectivity index (χ2n) is 9.32. The highest BCUT2D eigenvalue weighted by molar-refractivity contribution is 5.94. The van der Waals surface area contributed by atoms with E-state index in [1.165, 1.54) is 12.1 Å². The topological polar surface area (TPSA) is 255 Å². The summed E-state index contributed by atoms with van der Waals surface area (Å²) in [5.74, 6) is -3.72. The molecule has 12 N–H and O–H groups in total. The average Bonchev–Trinajstić information content (AvgIpc) is 2.94. The number of phenolic OH excluding ortho intramolecular Hbond substituents is 1. The molecule has 222 valence electrons. The van der Waals surface area contributed by atoms with E-state index in [1.807, 2.05) is 0 Å². The van der Waals surface area contributed by atoms with E-state index in [-0.39, 0.29) is 43.9 Å². The van der Waals surface area contributed by atoms with Crippen molar-refractivity contribution >= 4 is 29.7 Å². The second kappa shape index (κ2) is 16.4. The third-order valence-corrected chi connectivity index (χ3v) is 6.02. The standard InChI is InChI=1S/C27H37N7O7/c28-19(15-35)23(37)33-21(13-17-8-10-18(36)11-9-17)25(39)32-20(7-4-12-31-27(29)30)24(38)34-22(26(40)41)14-16-5-2-1-3-6-16/h1-3,5-6,8-11,19-22,35-36H,4,7,12-15,28H2,(H,32,39)(H,33,37)(H,34,38)(H,40,41)(H4,29,30,31)/t19-,20-,21-,22-/m0/s1. The number of carboxylic acids is 1. The van der Waals surface area contributed by atoms with Crippen LogP contribution in [0.5, 0.6) is 5.75 Å². The molecule has 0 aromatic heterocycles. The van der Waals surface area contributed by atoms with Crippen LogP contribution in [0, 0.1) is 0 Å². The van der Waals surface area contributed by atoms with Gasteiger partial charge in [-0.05, 0) is 36.1 Å². The lowest BCUT2D eigenvalue weighted by atomic mass is 10.0. The smallest absolute Gasteiger partial charge is 0.326 e. The summed E-state index contributed by atoms with van der Waals surface area (Å²) in [4.78, 5) is 54.9. The maximum Gasteiger partial charge on any atom is 0.326 e. The van der Waals surface area contributed by atoms with Crippen LogP contribution in [-0.4, -0.2) is 82.3 Å². The lowest BCUT2D eigenvalue weighted by Gasteiger charge is -2.25. The van der Waals surface area contributed by atoms with E-state index in [4.69, 9.17) is 17.2 Å². The van der Waals surface area contributed by atoms with Gasteiger partial charge in [-0.15, -0.1) is 0 Å². The Morgan fingerprint density at radius 2 is 1.32 bits per heavy atom. The van der Waals surface area contributed by atoms with Gasteiger partial charge in [0.2, 0.25) is 17.7 Å². The highest BCUT2D eigenvalue weighted by atomic mass is 16.4. The molecule has 2 aromatic rings. The zero-order valence-electron chi connectivity index (χ0n) is 22.4. The highest BCUT2D eigenvalue weighted by Gasteiger charge is 2.30. The van der Waals surface area contributed by atoms with Gasteiger partial charge in [0, 0.05) is 19.4 Å². The SMILES string of the molecule is NC(N)=NCCC[C@H](NC(=O)[C@H](Cc1ccc(O)cc1)NC(=O)[C@@H](N)CO)C(=O)N[C@@H](Cc1ccccc1)C(=O)O. The van der Waals surface area contributed by atoms with E-state index >= 15 is 0 Å². The number of phenols is 1. The number of benzene rings is 2. The number of carbonyl (C=O) groups excluding carboxylic acids is 3. The summed E-state index contributed by atoms with van der Waals surface area (Å²) in [6, 6.07) is 9.63. The first-order valence-corrected chi connectivity index (χ1v) is 12.9. The van der Waals surface area contributed by atoms with Crippen molar-refractivity contribution < 1.29 is 34.5 Å². The van der Waals surface area contributed by atoms with Gasteiger partial charge in [0.1, 0.15) is 29.9 Å². The first kappa shape index (κ1) is 32.5. The summed E-state index contributed by atoms with van der Waals surface area (Å²) in [7, 11) is 0. The lowest BCUT2D eigenvalue weighted by molar-refractivity contribution is -0.142. The number of rotatable bonds is 16. The number of aliphatic hydroxyl groups is 1. The first-order valence-electron chi connectivity index (χ1n) is 12.9. The molecule has 14 nitrogen and oxygen atoms in total. The van der Waals surface area contributed by atoms with E-state index in [0.717, 1.165) is 0 Å². The van der Waals surface area contributed by atoms with Crippen LogP contribution in [0.15, 0.2) is 59.6 Å². The predicted octanol–water partition coefficient (Wildman–Crippen LogP) is -1.91. The summed E-state index contributed by atoms with van der Waals surface area (Å²) in [6.45, 7) is -0.513. The molecule has 41 heavy (non-hydrogen) atoms. The van der Waals surface area contributed by atoms with Crippen molar-refractivity contribution in [2.45, 2.75) is 49.9 Å². The fourth-order valence-corrected chi connectivity index (χ4v) is 3.81. The minimum atomic E-state index is -1.29. The molecule has 0 aliphatic heterocycles. The maximum atomic E-state index is 13.4. The summed E-state index contributed by atoms with van der Waals surface area (Å²) in [5.41, 5.74) is 17.6. The summed E-state index contributed by atoms with van der Waals surface area (Å²) in [5, 5.41) is 36.1. The van der Waals surface area contributed by atoms with E-state index in [0.29, 0.717) is 11.1 Å². The normalized spacial score (nSPS) is 13.6. The minimum Gasteiger partial charge on any atom is -0.508 e. The quantitative estimate of drug-likeness (QED) is 0.0613. The van der Waals surface area contributed by atoms with Gasteiger partial charge in [-0.2, -0.15) is 0 Å². The van der Waals surface area contributed by atoms with Crippen LogP contribution in [0.1, 0.15) is 24.0 Å². The number of aliphatic imine (C=N–C) groups is 1. The van der Waals surface area contributed by atoms with Crippen LogP contribution in [0.2, 0.25) is 0 Å². The summed E-state index contributed by atoms with van der Waals surface area (Å²) >= 11 is 0. The molecule has 4 atom stereocenters. The third kappa shape index (κ3) is 11.5. The molecule has 2 rings (SSSR count). The predicted molar refractivity (Wildman–Crippen MR) is 150 cm³/mol. The second-order valence-corrected chi connectivity index (χ2v) is 9.32. The number of nitrogens with two attached hydrogens (primary N) is 3. The largest absolute Gasteiger partial charge is 0.508 e. The Hall–Kier alpha value is -4.69. The molecule has 0 aliphatic rings. The zero-order chi connectivity index (χ0) is 30.4. The van der Waals surface area contributed by atoms with Crippen molar-refractivity contribution in [2.75, 3.05) is 13.2 Å². The number of nitrogens with one attached hydrogen (secondary N) is 3. The van der Waals surface area contributed by atoms with E-state index < -0.39 is 54.5 Å². The Morgan fingerprint density at radius 3 is 1.90 bits per heavy atom. The average molecular weight is 572 g/mol. The number of nitrogens with zero attached hydrogens (tertiary/aromatic N) is 1. The number of hydrogen-bond donors (Lipinski definition) is 9. The van der Waals surface area contributed by atoms with Crippen LogP contribution in [0.3, 0.4) is 0 Å². The van der Waals surface area contributed by atoms with Crippen LogP contribution >= 0.6 is 0 Å². The molecule has 0 saturated heterocycles. The van der Waals surface area contributed by atoms with Gasteiger partial charge in [0.05, 0.1) is 6.61 Å². The van der Waals surface area contributed by atoms with Crippen LogP contribution < -0.4 is 33.2 Å². The molecule has 14 heteroatoms. The Kier molecular flexibility index (Phi) is 13.0. The summed E-state index contributed by atoms with van der Waals surface area (Å²) < 4.78 is 0. The molecule has 0 radical (unpaired) electrons. The van der Waals surface area contributed by atoms with Crippen LogP contribution in [-0.2, 0) is 32.0 Å². The van der Waals surface area contributed by atoms with Crippen LogP contribution in [0.4, 0.5) is 0 Å². The van der Waals surface area contributed by atoms with Gasteiger partial charge in [-0.1, -0.05) is 42.5 Å². The van der Waals surface area contributed by atoms with Gasteiger partial charge >= 0.3 is 5.97 Å². The van der Waals surface area contributed by atoms with E-state index in [2.05, 4.69) is 20.9 Å². The number of carbonyl (C=O) groups is 4. The number of aromatic hydroxyl groups is 1. The first-order chi connectivity index (χ1) is 19.5. The lowest BCUT2D eigenvalue weighted by Crippen LogP contribution is -2.58. The molecule has 0 aliphatic carbocycles. The molecule has 0 spiro atoms. The molecule has 2 aromatic carbocycles. The van der Waals surface area contributed by atoms with E-state index in [1.54, 1.807) is 42.5 Å². The highest BCUT2D eigenvalue weighted by Crippen LogP contribution is 2.12. The number of guanidine groups is 1. The Bertz CT molecular complexity index is 1190. The van der Waals surface area contributed by atoms with Gasteiger partial charge in [0.15, 0.2) is 5.96 Å². The van der Waals surface area contributed by atoms with Crippen molar-refractivity contribution in [2.24, 2.45) is 22.2 Å². The van der Waals surface area contributed by atoms with Gasteiger partial charge < -0.3 is 48.5 Å². The maximum absolute atomic E-state index is 13.4. The number of hydrogen-bond acceptors (Lipinski definition) is 8. The molecule has 0 saturated carbocycles. The molecular weight excluding hydrogens is 534 g/mol. The van der Waals surface area contributed by atoms with Crippen molar-refractivity contribution in [1.29, 1.82) is 0 Å². The van der Waals surface area contributed by atoms with Crippen molar-refractivity contribution in [3.63, 3.8) is 0 Å². The third-order valence-electron chi connectivity index (χ3n) is 6.02. The number of amides is 3. The molecule has 0 fully saturated rings. The monoisotopic (exact) mass is 571 g/mol. The number of aliphatic carboxylic acids is 1. The van der Waals surface area contributed by atoms with Crippen molar-refractivity contribution in [3.8, 4) is 5.75 Å². The molecule has 0 unspecified atom stereocenters. The van der Waals surface area contributed by atoms with Crippen molar-refractivity contribution in [3.05, 3.63) is 65.7 Å². The molecule has 3 amide bonds. The molecular formula is C27H37N7O7. The van der Waals surface area contributed by atoms with Gasteiger partial charge in [-0.25, -0.2) is 4.79 Å². The van der Waals surface area contributed by atoms with Gasteiger partial charge in [-0.3, -0.25) is 19.4 Å². The summed E-state index contributed by atoms with van der Waals surface area (Å²) in [6.07, 6.45) is 0.276. The molecule has 0 heterocycles. The fourth-order valence-electron chi connectivity index (χ4n) is 3.81. The van der Waals surface area contributed by atoms with Gasteiger partial charge in [0.25, 0.3) is 0 Å². The Balaban J connectivity index is 2.26. The number of carboxylic acid groups (broad SMARTS) is 1. The van der Waals surface area contributed by atoms with Crippen LogP contribution in [0.25, 0.3) is 0 Å². The number of aliphatic hydroxyl groups excluding tert-OH is 1. The molecule has 0 bridgehead atoms.